The van der Waals surface area contributed by atoms with Crippen molar-refractivity contribution < 1.29 is 14.3 Å². The fraction of sp³-hybridized carbons (Fsp3) is 0.263. The molecule has 0 aliphatic rings. The lowest BCUT2D eigenvalue weighted by atomic mass is 10.2. The van der Waals surface area contributed by atoms with E-state index in [-0.39, 0.29) is 12.5 Å². The standard InChI is InChI=1S/C19H21NO3S2/c1-24-17-11-6-5-10-16(17)19(22)23-14-18(21)20-12-7-13-25-15-8-3-2-4-9-15/h2-6,8-11H,7,12-14H2,1H3,(H,20,21). The molecule has 1 amide bonds. The molecule has 132 valence electrons. The van der Waals surface area contributed by atoms with Gasteiger partial charge in [0.1, 0.15) is 0 Å². The molecule has 0 atom stereocenters. The highest BCUT2D eigenvalue weighted by Crippen LogP contribution is 2.20. The van der Waals surface area contributed by atoms with Crippen molar-refractivity contribution in [1.29, 1.82) is 0 Å². The van der Waals surface area contributed by atoms with Crippen molar-refractivity contribution in [3.63, 3.8) is 0 Å². The van der Waals surface area contributed by atoms with Gasteiger partial charge in [0.05, 0.1) is 5.56 Å². The van der Waals surface area contributed by atoms with E-state index in [4.69, 9.17) is 4.74 Å². The van der Waals surface area contributed by atoms with Crippen molar-refractivity contribution in [3.8, 4) is 0 Å². The van der Waals surface area contributed by atoms with Crippen molar-refractivity contribution in [1.82, 2.24) is 5.32 Å². The maximum atomic E-state index is 12.0. The zero-order chi connectivity index (χ0) is 17.9. The Morgan fingerprint density at radius 2 is 1.76 bits per heavy atom. The van der Waals surface area contributed by atoms with Gasteiger partial charge in [-0.2, -0.15) is 0 Å². The molecule has 0 fully saturated rings. The second-order valence-electron chi connectivity index (χ2n) is 5.14. The van der Waals surface area contributed by atoms with E-state index in [1.165, 1.54) is 16.7 Å². The third kappa shape index (κ3) is 6.84. The van der Waals surface area contributed by atoms with Crippen LogP contribution in [0.5, 0.6) is 0 Å². The molecule has 0 saturated heterocycles. The van der Waals surface area contributed by atoms with Crippen LogP contribution in [-0.2, 0) is 9.53 Å². The van der Waals surface area contributed by atoms with E-state index >= 15 is 0 Å². The molecular formula is C19H21NO3S2. The van der Waals surface area contributed by atoms with Gasteiger partial charge in [-0.1, -0.05) is 30.3 Å². The average Bonchev–Trinajstić information content (AvgIpc) is 2.66. The number of carbonyl (C=O) groups excluding carboxylic acids is 2. The predicted octanol–water partition coefficient (Wildman–Crippen LogP) is 3.86. The van der Waals surface area contributed by atoms with Gasteiger partial charge >= 0.3 is 5.97 Å². The number of rotatable bonds is 9. The number of hydrogen-bond donors (Lipinski definition) is 1. The molecule has 0 aromatic heterocycles. The highest BCUT2D eigenvalue weighted by molar-refractivity contribution is 7.99. The van der Waals surface area contributed by atoms with Gasteiger partial charge in [0.2, 0.25) is 0 Å². The van der Waals surface area contributed by atoms with Crippen molar-refractivity contribution in [2.45, 2.75) is 16.2 Å². The average molecular weight is 376 g/mol. The van der Waals surface area contributed by atoms with Crippen LogP contribution < -0.4 is 5.32 Å². The summed E-state index contributed by atoms with van der Waals surface area (Å²) >= 11 is 3.22. The molecule has 2 aromatic carbocycles. The third-order valence-electron chi connectivity index (χ3n) is 3.32. The van der Waals surface area contributed by atoms with Crippen LogP contribution in [0.15, 0.2) is 64.4 Å². The van der Waals surface area contributed by atoms with Crippen molar-refractivity contribution in [3.05, 3.63) is 60.2 Å². The highest BCUT2D eigenvalue weighted by atomic mass is 32.2. The van der Waals surface area contributed by atoms with Crippen molar-refractivity contribution in [2.75, 3.05) is 25.2 Å². The molecular weight excluding hydrogens is 354 g/mol. The summed E-state index contributed by atoms with van der Waals surface area (Å²) in [5, 5.41) is 2.77. The number of hydrogen-bond acceptors (Lipinski definition) is 5. The molecule has 0 heterocycles. The number of nitrogens with one attached hydrogen (secondary N) is 1. The van der Waals surface area contributed by atoms with Crippen LogP contribution in [0.4, 0.5) is 0 Å². The first-order valence-corrected chi connectivity index (χ1v) is 10.2. The van der Waals surface area contributed by atoms with E-state index in [2.05, 4.69) is 17.4 Å². The molecule has 0 saturated carbocycles. The molecule has 1 N–H and O–H groups in total. The van der Waals surface area contributed by atoms with Crippen molar-refractivity contribution in [2.24, 2.45) is 0 Å². The number of carbonyl (C=O) groups is 2. The fourth-order valence-electron chi connectivity index (χ4n) is 2.08. The Morgan fingerprint density at radius 1 is 1.04 bits per heavy atom. The Kier molecular flexibility index (Phi) is 8.42. The summed E-state index contributed by atoms with van der Waals surface area (Å²) in [5.41, 5.74) is 0.488. The molecule has 25 heavy (non-hydrogen) atoms. The molecule has 0 spiro atoms. The van der Waals surface area contributed by atoms with Crippen LogP contribution in [-0.4, -0.2) is 37.0 Å². The summed E-state index contributed by atoms with van der Waals surface area (Å²) in [5.74, 6) is 0.171. The number of amides is 1. The van der Waals surface area contributed by atoms with Crippen LogP contribution in [0.3, 0.4) is 0 Å². The second kappa shape index (κ2) is 10.8. The molecule has 0 aliphatic heterocycles. The van der Waals surface area contributed by atoms with Crippen LogP contribution in [0.2, 0.25) is 0 Å². The van der Waals surface area contributed by atoms with Crippen LogP contribution >= 0.6 is 23.5 Å². The first-order chi connectivity index (χ1) is 12.2. The molecule has 2 aromatic rings. The monoisotopic (exact) mass is 375 g/mol. The second-order valence-corrected chi connectivity index (χ2v) is 7.16. The highest BCUT2D eigenvalue weighted by Gasteiger charge is 2.13. The summed E-state index contributed by atoms with van der Waals surface area (Å²) < 4.78 is 5.09. The Balaban J connectivity index is 1.63. The number of thioether (sulfide) groups is 2. The van der Waals surface area contributed by atoms with Gasteiger partial charge in [0.25, 0.3) is 5.91 Å². The van der Waals surface area contributed by atoms with Crippen LogP contribution in [0.25, 0.3) is 0 Å². The van der Waals surface area contributed by atoms with Crippen LogP contribution in [0, 0.1) is 0 Å². The minimum Gasteiger partial charge on any atom is -0.452 e. The third-order valence-corrected chi connectivity index (χ3v) is 5.21. The zero-order valence-corrected chi connectivity index (χ0v) is 15.7. The summed E-state index contributed by atoms with van der Waals surface area (Å²) in [4.78, 5) is 25.9. The Hall–Kier alpha value is -1.92. The van der Waals surface area contributed by atoms with Gasteiger partial charge in [0, 0.05) is 16.3 Å². The zero-order valence-electron chi connectivity index (χ0n) is 14.1. The topological polar surface area (TPSA) is 55.4 Å². The van der Waals surface area contributed by atoms with Gasteiger partial charge in [-0.25, -0.2) is 4.79 Å². The Bertz CT molecular complexity index is 692. The van der Waals surface area contributed by atoms with Crippen molar-refractivity contribution >= 4 is 35.4 Å². The quantitative estimate of drug-likeness (QED) is 0.410. The summed E-state index contributed by atoms with van der Waals surface area (Å²) in [7, 11) is 0. The number of benzene rings is 2. The summed E-state index contributed by atoms with van der Waals surface area (Å²) in [6.07, 6.45) is 2.75. The molecule has 4 nitrogen and oxygen atoms in total. The molecule has 2 rings (SSSR count). The van der Waals surface area contributed by atoms with Gasteiger partial charge in [-0.15, -0.1) is 23.5 Å². The van der Waals surface area contributed by atoms with E-state index in [0.717, 1.165) is 17.1 Å². The molecule has 6 heteroatoms. The number of esters is 1. The first-order valence-electron chi connectivity index (χ1n) is 7.95. The normalized spacial score (nSPS) is 10.3. The van der Waals surface area contributed by atoms with E-state index in [1.54, 1.807) is 23.9 Å². The van der Waals surface area contributed by atoms with E-state index < -0.39 is 5.97 Å². The first kappa shape index (κ1) is 19.4. The lowest BCUT2D eigenvalue weighted by Crippen LogP contribution is -2.29. The number of ether oxygens (including phenoxy) is 1. The maximum Gasteiger partial charge on any atom is 0.339 e. The van der Waals surface area contributed by atoms with Gasteiger partial charge in [-0.3, -0.25) is 4.79 Å². The molecule has 0 radical (unpaired) electrons. The Labute approximate surface area is 156 Å². The summed E-state index contributed by atoms with van der Waals surface area (Å²) in [6.45, 7) is 0.311. The minimum atomic E-state index is -0.472. The lowest BCUT2D eigenvalue weighted by Gasteiger charge is -2.08. The van der Waals surface area contributed by atoms with Gasteiger partial charge < -0.3 is 10.1 Å². The maximum absolute atomic E-state index is 12.0. The largest absolute Gasteiger partial charge is 0.452 e. The lowest BCUT2D eigenvalue weighted by molar-refractivity contribution is -0.124. The van der Waals surface area contributed by atoms with Gasteiger partial charge in [-0.05, 0) is 42.7 Å². The van der Waals surface area contributed by atoms with E-state index in [9.17, 15) is 9.59 Å². The molecule has 0 bridgehead atoms. The smallest absolute Gasteiger partial charge is 0.339 e. The van der Waals surface area contributed by atoms with Crippen LogP contribution in [0.1, 0.15) is 16.8 Å². The van der Waals surface area contributed by atoms with E-state index in [1.807, 2.05) is 36.6 Å². The summed E-state index contributed by atoms with van der Waals surface area (Å²) in [6, 6.07) is 17.3. The minimum absolute atomic E-state index is 0.257. The molecule has 0 unspecified atom stereocenters. The molecule has 0 aliphatic carbocycles. The fourth-order valence-corrected chi connectivity index (χ4v) is 3.54. The SMILES string of the molecule is CSc1ccccc1C(=O)OCC(=O)NCCCSc1ccccc1. The Morgan fingerprint density at radius 3 is 2.52 bits per heavy atom. The predicted molar refractivity (Wildman–Crippen MR) is 103 cm³/mol. The van der Waals surface area contributed by atoms with Gasteiger partial charge in [0.15, 0.2) is 6.61 Å². The van der Waals surface area contributed by atoms with E-state index in [0.29, 0.717) is 12.1 Å².